The molecular formula is C12H18N4O3. The quantitative estimate of drug-likeness (QED) is 0.704. The summed E-state index contributed by atoms with van der Waals surface area (Å²) in [6.45, 7) is 2.28. The Hall–Kier alpha value is -1.92. The summed E-state index contributed by atoms with van der Waals surface area (Å²) in [6.07, 6.45) is 3.48. The summed E-state index contributed by atoms with van der Waals surface area (Å²) in [5, 5.41) is 18.1. The second kappa shape index (κ2) is 5.38. The van der Waals surface area contributed by atoms with Gasteiger partial charge in [0.25, 0.3) is 5.91 Å². The van der Waals surface area contributed by atoms with Gasteiger partial charge in [-0.25, -0.2) is 4.98 Å². The van der Waals surface area contributed by atoms with E-state index in [4.69, 9.17) is 5.11 Å². The first-order valence-corrected chi connectivity index (χ1v) is 6.46. The van der Waals surface area contributed by atoms with Gasteiger partial charge in [-0.2, -0.15) is 0 Å². The lowest BCUT2D eigenvalue weighted by atomic mass is 9.66. The Balaban J connectivity index is 1.90. The number of H-pyrrole nitrogens is 1. The molecule has 1 saturated carbocycles. The number of carboxylic acids is 1. The second-order valence-electron chi connectivity index (χ2n) is 5.07. The summed E-state index contributed by atoms with van der Waals surface area (Å²) in [4.78, 5) is 26.7. The highest BCUT2D eigenvalue weighted by Crippen LogP contribution is 2.43. The molecule has 0 saturated heterocycles. The summed E-state index contributed by atoms with van der Waals surface area (Å²) in [6, 6.07) is 0. The zero-order chi connectivity index (χ0) is 13.9. The van der Waals surface area contributed by atoms with Crippen LogP contribution < -0.4 is 5.32 Å². The highest BCUT2D eigenvalue weighted by molar-refractivity contribution is 5.90. The fourth-order valence-electron chi connectivity index (χ4n) is 2.32. The largest absolute Gasteiger partial charge is 0.481 e. The van der Waals surface area contributed by atoms with E-state index in [0.717, 1.165) is 19.3 Å². The molecule has 0 atom stereocenters. The molecule has 104 valence electrons. The number of hydrogen-bond acceptors (Lipinski definition) is 4. The van der Waals surface area contributed by atoms with Gasteiger partial charge in [0.2, 0.25) is 5.82 Å². The molecular weight excluding hydrogens is 248 g/mol. The minimum absolute atomic E-state index is 0.0987. The topological polar surface area (TPSA) is 108 Å². The van der Waals surface area contributed by atoms with Crippen LogP contribution in [-0.4, -0.2) is 38.7 Å². The van der Waals surface area contributed by atoms with Crippen molar-refractivity contribution in [1.29, 1.82) is 0 Å². The molecule has 1 aromatic heterocycles. The number of aliphatic carboxylic acids is 1. The van der Waals surface area contributed by atoms with Crippen molar-refractivity contribution in [3.05, 3.63) is 11.6 Å². The van der Waals surface area contributed by atoms with E-state index in [2.05, 4.69) is 20.5 Å². The maximum absolute atomic E-state index is 11.8. The molecule has 2 rings (SSSR count). The van der Waals surface area contributed by atoms with Crippen molar-refractivity contribution < 1.29 is 14.7 Å². The number of amides is 1. The Bertz CT molecular complexity index is 479. The van der Waals surface area contributed by atoms with Crippen LogP contribution in [0.3, 0.4) is 0 Å². The average Bonchev–Trinajstić information content (AvgIpc) is 2.80. The van der Waals surface area contributed by atoms with Gasteiger partial charge in [-0.1, -0.05) is 13.3 Å². The molecule has 0 aromatic carbocycles. The minimum Gasteiger partial charge on any atom is -0.481 e. The number of carbonyl (C=O) groups is 2. The summed E-state index contributed by atoms with van der Waals surface area (Å²) in [5.41, 5.74) is -0.286. The molecule has 0 unspecified atom stereocenters. The van der Waals surface area contributed by atoms with Crippen molar-refractivity contribution in [2.24, 2.45) is 5.41 Å². The third kappa shape index (κ3) is 3.10. The van der Waals surface area contributed by atoms with Crippen LogP contribution >= 0.6 is 0 Å². The predicted octanol–water partition coefficient (Wildman–Crippen LogP) is 0.742. The van der Waals surface area contributed by atoms with E-state index in [9.17, 15) is 9.59 Å². The van der Waals surface area contributed by atoms with Crippen molar-refractivity contribution in [2.45, 2.75) is 39.0 Å². The molecule has 1 aromatic rings. The molecule has 0 radical (unpaired) electrons. The molecule has 0 aliphatic heterocycles. The van der Waals surface area contributed by atoms with Crippen molar-refractivity contribution in [3.8, 4) is 0 Å². The summed E-state index contributed by atoms with van der Waals surface area (Å²) in [5.74, 6) is -0.400. The maximum atomic E-state index is 11.8. The van der Waals surface area contributed by atoms with E-state index < -0.39 is 5.97 Å². The number of aromatic amines is 1. The smallest absolute Gasteiger partial charge is 0.303 e. The standard InChI is InChI=1S/C12H18N4O3/c1-2-8-14-10(16-15-8)11(19)13-7-12(4-3-5-12)6-9(17)18/h2-7H2,1H3,(H,13,19)(H,17,18)(H,14,15,16). The second-order valence-corrected chi connectivity index (χ2v) is 5.07. The number of carbonyl (C=O) groups excluding carboxylic acids is 1. The third-order valence-electron chi connectivity index (χ3n) is 3.63. The van der Waals surface area contributed by atoms with Crippen LogP contribution in [0.5, 0.6) is 0 Å². The first kappa shape index (κ1) is 13.5. The van der Waals surface area contributed by atoms with Gasteiger partial charge in [0.1, 0.15) is 5.82 Å². The van der Waals surface area contributed by atoms with E-state index in [-0.39, 0.29) is 23.6 Å². The Kier molecular flexibility index (Phi) is 3.82. The number of nitrogens with one attached hydrogen (secondary N) is 2. The van der Waals surface area contributed by atoms with Crippen molar-refractivity contribution >= 4 is 11.9 Å². The zero-order valence-corrected chi connectivity index (χ0v) is 10.9. The first-order chi connectivity index (χ1) is 9.04. The van der Waals surface area contributed by atoms with E-state index in [1.165, 1.54) is 0 Å². The summed E-state index contributed by atoms with van der Waals surface area (Å²) >= 11 is 0. The molecule has 19 heavy (non-hydrogen) atoms. The Morgan fingerprint density at radius 3 is 2.68 bits per heavy atom. The number of rotatable bonds is 6. The number of nitrogens with zero attached hydrogens (tertiary/aromatic N) is 2. The van der Waals surface area contributed by atoms with E-state index >= 15 is 0 Å². The van der Waals surface area contributed by atoms with Gasteiger partial charge >= 0.3 is 5.97 Å². The number of aromatic nitrogens is 3. The van der Waals surface area contributed by atoms with Gasteiger partial charge in [-0.15, -0.1) is 5.10 Å². The molecule has 3 N–H and O–H groups in total. The molecule has 0 bridgehead atoms. The third-order valence-corrected chi connectivity index (χ3v) is 3.63. The molecule has 1 amide bonds. The van der Waals surface area contributed by atoms with E-state index in [1.54, 1.807) is 0 Å². The van der Waals surface area contributed by atoms with Crippen LogP contribution in [0, 0.1) is 5.41 Å². The highest BCUT2D eigenvalue weighted by atomic mass is 16.4. The average molecular weight is 266 g/mol. The van der Waals surface area contributed by atoms with Gasteiger partial charge in [0, 0.05) is 13.0 Å². The van der Waals surface area contributed by atoms with Crippen LogP contribution in [0.4, 0.5) is 0 Å². The molecule has 1 heterocycles. The lowest BCUT2D eigenvalue weighted by molar-refractivity contribution is -0.141. The summed E-state index contributed by atoms with van der Waals surface area (Å²) < 4.78 is 0. The van der Waals surface area contributed by atoms with Crippen molar-refractivity contribution in [1.82, 2.24) is 20.5 Å². The number of aryl methyl sites for hydroxylation is 1. The van der Waals surface area contributed by atoms with Crippen molar-refractivity contribution in [2.75, 3.05) is 6.54 Å². The normalized spacial score (nSPS) is 16.7. The van der Waals surface area contributed by atoms with Gasteiger partial charge in [-0.05, 0) is 18.3 Å². The maximum Gasteiger partial charge on any atom is 0.303 e. The SMILES string of the molecule is CCc1nc(C(=O)NCC2(CC(=O)O)CCC2)n[nH]1. The van der Waals surface area contributed by atoms with Crippen molar-refractivity contribution in [3.63, 3.8) is 0 Å². The van der Waals surface area contributed by atoms with Crippen LogP contribution in [0.25, 0.3) is 0 Å². The molecule has 1 fully saturated rings. The zero-order valence-electron chi connectivity index (χ0n) is 10.9. The van der Waals surface area contributed by atoms with Crippen LogP contribution in [-0.2, 0) is 11.2 Å². The van der Waals surface area contributed by atoms with Gasteiger partial charge in [-0.3, -0.25) is 14.7 Å². The fraction of sp³-hybridized carbons (Fsp3) is 0.667. The van der Waals surface area contributed by atoms with Gasteiger partial charge in [0.05, 0.1) is 6.42 Å². The lowest BCUT2D eigenvalue weighted by Gasteiger charge is -2.40. The fourth-order valence-corrected chi connectivity index (χ4v) is 2.32. The van der Waals surface area contributed by atoms with E-state index in [0.29, 0.717) is 18.8 Å². The van der Waals surface area contributed by atoms with Crippen LogP contribution in [0.15, 0.2) is 0 Å². The Morgan fingerprint density at radius 2 is 2.21 bits per heavy atom. The van der Waals surface area contributed by atoms with Crippen LogP contribution in [0.1, 0.15) is 49.1 Å². The molecule has 0 spiro atoms. The predicted molar refractivity (Wildman–Crippen MR) is 66.6 cm³/mol. The first-order valence-electron chi connectivity index (χ1n) is 6.46. The molecule has 7 nitrogen and oxygen atoms in total. The molecule has 1 aliphatic rings. The van der Waals surface area contributed by atoms with E-state index in [1.807, 2.05) is 6.92 Å². The lowest BCUT2D eigenvalue weighted by Crippen LogP contribution is -2.43. The summed E-state index contributed by atoms with van der Waals surface area (Å²) in [7, 11) is 0. The monoisotopic (exact) mass is 266 g/mol. The molecule has 7 heteroatoms. The van der Waals surface area contributed by atoms with Gasteiger partial charge < -0.3 is 10.4 Å². The van der Waals surface area contributed by atoms with Gasteiger partial charge in [0.15, 0.2) is 0 Å². The number of hydrogen-bond donors (Lipinski definition) is 3. The Labute approximate surface area is 110 Å². The minimum atomic E-state index is -0.819. The highest BCUT2D eigenvalue weighted by Gasteiger charge is 2.39. The van der Waals surface area contributed by atoms with Crippen LogP contribution in [0.2, 0.25) is 0 Å². The Morgan fingerprint density at radius 1 is 1.47 bits per heavy atom. The number of carboxylic acid groups (broad SMARTS) is 1. The molecule has 1 aliphatic carbocycles.